The Kier molecular flexibility index (Phi) is 5.75. The van der Waals surface area contributed by atoms with Crippen molar-refractivity contribution < 1.29 is 19.4 Å². The zero-order valence-corrected chi connectivity index (χ0v) is 10.7. The number of aliphatic carboxylic acids is 1. The van der Waals surface area contributed by atoms with E-state index in [0.29, 0.717) is 0 Å². The average molecular weight is 263 g/mol. The van der Waals surface area contributed by atoms with E-state index < -0.39 is 18.0 Å². The summed E-state index contributed by atoms with van der Waals surface area (Å²) in [4.78, 5) is 22.5. The summed E-state index contributed by atoms with van der Waals surface area (Å²) < 4.78 is 4.90. The van der Waals surface area contributed by atoms with Gasteiger partial charge in [0.05, 0.1) is 6.61 Å². The third-order valence-corrected chi connectivity index (χ3v) is 2.44. The molecule has 0 bridgehead atoms. The third kappa shape index (κ3) is 4.93. The van der Waals surface area contributed by atoms with E-state index in [2.05, 4.69) is 0 Å². The molecule has 0 fully saturated rings. The first-order valence-corrected chi connectivity index (χ1v) is 5.95. The molecule has 0 spiro atoms. The van der Waals surface area contributed by atoms with Crippen LogP contribution in [0.5, 0.6) is 0 Å². The molecule has 0 heterocycles. The third-order valence-electron chi connectivity index (χ3n) is 2.44. The van der Waals surface area contributed by atoms with Gasteiger partial charge in [-0.2, -0.15) is 0 Å². The lowest BCUT2D eigenvalue weighted by molar-refractivity contribution is -0.139. The average Bonchev–Trinajstić information content (AvgIpc) is 2.39. The van der Waals surface area contributed by atoms with Crippen LogP contribution in [0.1, 0.15) is 18.9 Å². The molecule has 0 radical (unpaired) electrons. The summed E-state index contributed by atoms with van der Waals surface area (Å²) in [5, 5.41) is 8.80. The zero-order valence-electron chi connectivity index (χ0n) is 10.7. The van der Waals surface area contributed by atoms with Crippen LogP contribution in [0.15, 0.2) is 35.9 Å². The number of carboxylic acid groups (broad SMARTS) is 1. The molecule has 0 aliphatic rings. The zero-order chi connectivity index (χ0) is 14.3. The topological polar surface area (TPSA) is 89.6 Å². The van der Waals surface area contributed by atoms with Crippen molar-refractivity contribution in [2.45, 2.75) is 19.4 Å². The highest BCUT2D eigenvalue weighted by Crippen LogP contribution is 2.13. The van der Waals surface area contributed by atoms with Crippen molar-refractivity contribution in [3.05, 3.63) is 41.5 Å². The van der Waals surface area contributed by atoms with Crippen LogP contribution in [0, 0.1) is 0 Å². The van der Waals surface area contributed by atoms with E-state index in [9.17, 15) is 9.59 Å². The van der Waals surface area contributed by atoms with Crippen molar-refractivity contribution in [2.24, 2.45) is 5.73 Å². The predicted molar refractivity (Wildman–Crippen MR) is 71.3 cm³/mol. The highest BCUT2D eigenvalue weighted by molar-refractivity contribution is 5.94. The van der Waals surface area contributed by atoms with Gasteiger partial charge >= 0.3 is 11.9 Å². The van der Waals surface area contributed by atoms with Crippen molar-refractivity contribution in [3.63, 3.8) is 0 Å². The second kappa shape index (κ2) is 7.33. The molecule has 5 nitrogen and oxygen atoms in total. The molecule has 1 aromatic carbocycles. The number of ether oxygens (including phenoxy) is 1. The van der Waals surface area contributed by atoms with Crippen LogP contribution in [-0.2, 0) is 14.3 Å². The van der Waals surface area contributed by atoms with Crippen LogP contribution in [0.25, 0.3) is 6.08 Å². The summed E-state index contributed by atoms with van der Waals surface area (Å²) in [6.07, 6.45) is 1.53. The largest absolute Gasteiger partial charge is 0.480 e. The fourth-order valence-electron chi connectivity index (χ4n) is 1.50. The van der Waals surface area contributed by atoms with E-state index in [1.165, 1.54) is 0 Å². The minimum Gasteiger partial charge on any atom is -0.480 e. The molecule has 3 N–H and O–H groups in total. The number of rotatable bonds is 6. The predicted octanol–water partition coefficient (Wildman–Crippen LogP) is 1.44. The first kappa shape index (κ1) is 14.9. The van der Waals surface area contributed by atoms with Crippen LogP contribution in [0.3, 0.4) is 0 Å². The van der Waals surface area contributed by atoms with E-state index in [4.69, 9.17) is 15.6 Å². The summed E-state index contributed by atoms with van der Waals surface area (Å²) in [6.45, 7) is 1.92. The number of esters is 1. The van der Waals surface area contributed by atoms with E-state index >= 15 is 0 Å². The Labute approximate surface area is 111 Å². The molecule has 0 aliphatic carbocycles. The second-order valence-corrected chi connectivity index (χ2v) is 3.95. The van der Waals surface area contributed by atoms with Crippen molar-refractivity contribution in [1.82, 2.24) is 0 Å². The van der Waals surface area contributed by atoms with Crippen molar-refractivity contribution in [3.8, 4) is 0 Å². The second-order valence-electron chi connectivity index (χ2n) is 3.95. The summed E-state index contributed by atoms with van der Waals surface area (Å²) in [6, 6.07) is 8.00. The number of carbonyl (C=O) groups is 2. The van der Waals surface area contributed by atoms with Crippen molar-refractivity contribution in [2.75, 3.05) is 6.61 Å². The summed E-state index contributed by atoms with van der Waals surface area (Å²) >= 11 is 0. The van der Waals surface area contributed by atoms with Gasteiger partial charge in [0.15, 0.2) is 0 Å². The summed E-state index contributed by atoms with van der Waals surface area (Å²) in [5.74, 6) is -1.69. The number of benzene rings is 1. The Bertz CT molecular complexity index is 468. The van der Waals surface area contributed by atoms with E-state index in [1.54, 1.807) is 13.0 Å². The normalized spacial score (nSPS) is 12.8. The fraction of sp³-hybridized carbons (Fsp3) is 0.286. The van der Waals surface area contributed by atoms with Gasteiger partial charge in [-0.1, -0.05) is 30.3 Å². The van der Waals surface area contributed by atoms with Crippen LogP contribution in [0.4, 0.5) is 0 Å². The molecule has 0 aromatic heterocycles. The molecule has 1 rings (SSSR count). The van der Waals surface area contributed by atoms with Crippen LogP contribution in [-0.4, -0.2) is 29.7 Å². The van der Waals surface area contributed by atoms with Crippen LogP contribution in [0.2, 0.25) is 0 Å². The molecule has 0 saturated carbocycles. The number of carbonyl (C=O) groups excluding carboxylic acids is 1. The van der Waals surface area contributed by atoms with Gasteiger partial charge in [-0.3, -0.25) is 4.79 Å². The van der Waals surface area contributed by atoms with Crippen LogP contribution >= 0.6 is 0 Å². The smallest absolute Gasteiger partial charge is 0.334 e. The molecule has 102 valence electrons. The Morgan fingerprint density at radius 2 is 2.00 bits per heavy atom. The highest BCUT2D eigenvalue weighted by atomic mass is 16.5. The molecule has 0 amide bonds. The summed E-state index contributed by atoms with van der Waals surface area (Å²) in [7, 11) is 0. The molecule has 1 aromatic rings. The fourth-order valence-corrected chi connectivity index (χ4v) is 1.50. The van der Waals surface area contributed by atoms with Gasteiger partial charge in [0.25, 0.3) is 0 Å². The van der Waals surface area contributed by atoms with Gasteiger partial charge < -0.3 is 15.6 Å². The number of hydrogen-bond donors (Lipinski definition) is 2. The van der Waals surface area contributed by atoms with E-state index in [0.717, 1.165) is 5.56 Å². The maximum atomic E-state index is 11.8. The Hall–Kier alpha value is -2.14. The molecular weight excluding hydrogens is 246 g/mol. The lowest BCUT2D eigenvalue weighted by Gasteiger charge is -2.10. The molecule has 1 atom stereocenters. The van der Waals surface area contributed by atoms with Gasteiger partial charge in [-0.15, -0.1) is 0 Å². The molecule has 0 saturated heterocycles. The standard InChI is InChI=1S/C14H17NO4/c1-2-19-14(18)11(9-12(15)13(16)17)8-10-6-4-3-5-7-10/h3-8,12H,2,9,15H2,1H3,(H,16,17)/b11-8+/t12-/m1/s1. The first-order valence-electron chi connectivity index (χ1n) is 5.95. The molecule has 0 unspecified atom stereocenters. The molecule has 0 aliphatic heterocycles. The Morgan fingerprint density at radius 1 is 1.37 bits per heavy atom. The SMILES string of the molecule is CCOC(=O)/C(=C/c1ccccc1)C[C@@H](N)C(=O)O. The molecule has 5 heteroatoms. The Balaban J connectivity index is 2.95. The highest BCUT2D eigenvalue weighted by Gasteiger charge is 2.19. The van der Waals surface area contributed by atoms with Gasteiger partial charge in [-0.25, -0.2) is 4.79 Å². The minimum atomic E-state index is -1.15. The number of nitrogens with two attached hydrogens (primary N) is 1. The molecular formula is C14H17NO4. The number of hydrogen-bond acceptors (Lipinski definition) is 4. The van der Waals surface area contributed by atoms with Gasteiger partial charge in [0.2, 0.25) is 0 Å². The van der Waals surface area contributed by atoms with Crippen molar-refractivity contribution >= 4 is 18.0 Å². The quantitative estimate of drug-likeness (QED) is 0.598. The lowest BCUT2D eigenvalue weighted by atomic mass is 10.0. The van der Waals surface area contributed by atoms with Gasteiger partial charge in [-0.05, 0) is 18.6 Å². The van der Waals surface area contributed by atoms with E-state index in [-0.39, 0.29) is 18.6 Å². The van der Waals surface area contributed by atoms with Gasteiger partial charge in [0.1, 0.15) is 6.04 Å². The Morgan fingerprint density at radius 3 is 2.53 bits per heavy atom. The lowest BCUT2D eigenvalue weighted by Crippen LogP contribution is -2.31. The maximum absolute atomic E-state index is 11.8. The number of carboxylic acids is 1. The molecule has 19 heavy (non-hydrogen) atoms. The summed E-state index contributed by atoms with van der Waals surface area (Å²) in [5.41, 5.74) is 6.50. The first-order chi connectivity index (χ1) is 9.04. The van der Waals surface area contributed by atoms with Crippen molar-refractivity contribution in [1.29, 1.82) is 0 Å². The van der Waals surface area contributed by atoms with Gasteiger partial charge in [0, 0.05) is 12.0 Å². The maximum Gasteiger partial charge on any atom is 0.334 e. The van der Waals surface area contributed by atoms with E-state index in [1.807, 2.05) is 30.3 Å². The minimum absolute atomic E-state index is 0.0664. The van der Waals surface area contributed by atoms with Crippen LogP contribution < -0.4 is 5.73 Å². The monoisotopic (exact) mass is 263 g/mol.